The van der Waals surface area contributed by atoms with Crippen molar-refractivity contribution >= 4 is 17.3 Å². The Morgan fingerprint density at radius 1 is 1.00 bits per heavy atom. The van der Waals surface area contributed by atoms with Gasteiger partial charge >= 0.3 is 0 Å². The number of nitrogens with two attached hydrogens (primary N) is 1. The van der Waals surface area contributed by atoms with E-state index in [4.69, 9.17) is 17.3 Å². The Kier molecular flexibility index (Phi) is 2.93. The molecule has 3 aromatic rings. The van der Waals surface area contributed by atoms with Gasteiger partial charge < -0.3 is 5.73 Å². The first-order chi connectivity index (χ1) is 9.24. The van der Waals surface area contributed by atoms with Gasteiger partial charge in [-0.3, -0.25) is 5.10 Å². The molecule has 5 heteroatoms. The SMILES string of the molecule is Nc1ccc(-c2n[nH]c(-c3ccccc3)n2)cc1Cl. The van der Waals surface area contributed by atoms with Crippen molar-refractivity contribution < 1.29 is 0 Å². The van der Waals surface area contributed by atoms with Crippen LogP contribution in [0.4, 0.5) is 5.69 Å². The van der Waals surface area contributed by atoms with Gasteiger partial charge in [0, 0.05) is 11.1 Å². The van der Waals surface area contributed by atoms with Gasteiger partial charge in [-0.2, -0.15) is 5.10 Å². The molecule has 0 unspecified atom stereocenters. The van der Waals surface area contributed by atoms with E-state index in [1.807, 2.05) is 36.4 Å². The minimum Gasteiger partial charge on any atom is -0.398 e. The maximum absolute atomic E-state index is 6.00. The van der Waals surface area contributed by atoms with Crippen molar-refractivity contribution in [1.82, 2.24) is 15.2 Å². The number of aromatic amines is 1. The van der Waals surface area contributed by atoms with Crippen LogP contribution in [-0.2, 0) is 0 Å². The maximum Gasteiger partial charge on any atom is 0.181 e. The van der Waals surface area contributed by atoms with E-state index < -0.39 is 0 Å². The molecule has 0 aliphatic rings. The standard InChI is InChI=1S/C14H11ClN4/c15-11-8-10(6-7-12(11)16)14-17-13(18-19-14)9-4-2-1-3-5-9/h1-8H,16H2,(H,17,18,19). The molecule has 0 fully saturated rings. The zero-order valence-electron chi connectivity index (χ0n) is 9.97. The third-order valence-electron chi connectivity index (χ3n) is 2.79. The number of benzene rings is 2. The molecular formula is C14H11ClN4. The number of nitrogen functional groups attached to an aromatic ring is 1. The van der Waals surface area contributed by atoms with Crippen LogP contribution in [0.1, 0.15) is 0 Å². The fourth-order valence-electron chi connectivity index (χ4n) is 1.78. The lowest BCUT2D eigenvalue weighted by molar-refractivity contribution is 1.10. The molecule has 0 atom stereocenters. The molecule has 0 saturated carbocycles. The van der Waals surface area contributed by atoms with Crippen LogP contribution in [0.15, 0.2) is 48.5 Å². The topological polar surface area (TPSA) is 67.6 Å². The zero-order valence-corrected chi connectivity index (χ0v) is 10.7. The third-order valence-corrected chi connectivity index (χ3v) is 3.12. The molecule has 2 aromatic carbocycles. The second-order valence-corrected chi connectivity index (χ2v) is 4.52. The molecule has 0 aliphatic heterocycles. The number of nitrogens with one attached hydrogen (secondary N) is 1. The largest absolute Gasteiger partial charge is 0.398 e. The Hall–Kier alpha value is -2.33. The molecule has 0 saturated heterocycles. The predicted octanol–water partition coefficient (Wildman–Crippen LogP) is 3.37. The Bertz CT molecular complexity index is 706. The summed E-state index contributed by atoms with van der Waals surface area (Å²) in [5.74, 6) is 1.32. The van der Waals surface area contributed by atoms with Gasteiger partial charge in [-0.25, -0.2) is 4.98 Å². The molecule has 0 aliphatic carbocycles. The van der Waals surface area contributed by atoms with Crippen molar-refractivity contribution in [3.8, 4) is 22.8 Å². The number of rotatable bonds is 2. The van der Waals surface area contributed by atoms with Crippen LogP contribution in [0.25, 0.3) is 22.8 Å². The van der Waals surface area contributed by atoms with Crippen LogP contribution in [0.2, 0.25) is 5.02 Å². The summed E-state index contributed by atoms with van der Waals surface area (Å²) in [6.45, 7) is 0. The highest BCUT2D eigenvalue weighted by molar-refractivity contribution is 6.33. The molecule has 94 valence electrons. The highest BCUT2D eigenvalue weighted by atomic mass is 35.5. The smallest absolute Gasteiger partial charge is 0.181 e. The fourth-order valence-corrected chi connectivity index (χ4v) is 1.96. The van der Waals surface area contributed by atoms with Crippen LogP contribution >= 0.6 is 11.6 Å². The number of nitrogens with zero attached hydrogens (tertiary/aromatic N) is 2. The van der Waals surface area contributed by atoms with Crippen molar-refractivity contribution in [2.24, 2.45) is 0 Å². The summed E-state index contributed by atoms with van der Waals surface area (Å²) < 4.78 is 0. The van der Waals surface area contributed by atoms with E-state index in [0.717, 1.165) is 17.0 Å². The number of anilines is 1. The molecule has 19 heavy (non-hydrogen) atoms. The number of hydrogen-bond acceptors (Lipinski definition) is 3. The second-order valence-electron chi connectivity index (χ2n) is 4.11. The highest BCUT2D eigenvalue weighted by Crippen LogP contribution is 2.26. The molecule has 3 N–H and O–H groups in total. The van der Waals surface area contributed by atoms with E-state index in [1.54, 1.807) is 12.1 Å². The molecule has 1 heterocycles. The van der Waals surface area contributed by atoms with Gasteiger partial charge in [0.05, 0.1) is 10.7 Å². The molecule has 4 nitrogen and oxygen atoms in total. The summed E-state index contributed by atoms with van der Waals surface area (Å²) in [5.41, 5.74) is 8.05. The molecule has 0 spiro atoms. The van der Waals surface area contributed by atoms with Crippen LogP contribution in [-0.4, -0.2) is 15.2 Å². The average Bonchev–Trinajstić information content (AvgIpc) is 2.93. The normalized spacial score (nSPS) is 10.6. The van der Waals surface area contributed by atoms with Crippen molar-refractivity contribution in [3.63, 3.8) is 0 Å². The van der Waals surface area contributed by atoms with E-state index in [9.17, 15) is 0 Å². The molecule has 0 radical (unpaired) electrons. The van der Waals surface area contributed by atoms with Crippen molar-refractivity contribution in [1.29, 1.82) is 0 Å². The first-order valence-corrected chi connectivity index (χ1v) is 6.15. The van der Waals surface area contributed by atoms with Gasteiger partial charge in [0.2, 0.25) is 0 Å². The molecule has 1 aromatic heterocycles. The van der Waals surface area contributed by atoms with Gasteiger partial charge in [0.15, 0.2) is 11.6 Å². The molecule has 0 amide bonds. The lowest BCUT2D eigenvalue weighted by Gasteiger charge is -1.99. The lowest BCUT2D eigenvalue weighted by atomic mass is 10.2. The Morgan fingerprint density at radius 2 is 1.79 bits per heavy atom. The number of hydrogen-bond donors (Lipinski definition) is 2. The number of H-pyrrole nitrogens is 1. The predicted molar refractivity (Wildman–Crippen MR) is 76.7 cm³/mol. The first-order valence-electron chi connectivity index (χ1n) is 5.77. The number of aromatic nitrogens is 3. The van der Waals surface area contributed by atoms with Crippen molar-refractivity contribution in [2.75, 3.05) is 5.73 Å². The quantitative estimate of drug-likeness (QED) is 0.702. The van der Waals surface area contributed by atoms with Gasteiger partial charge in [-0.15, -0.1) is 0 Å². The summed E-state index contributed by atoms with van der Waals surface area (Å²) in [6, 6.07) is 15.2. The summed E-state index contributed by atoms with van der Waals surface area (Å²) in [5, 5.41) is 7.62. The lowest BCUT2D eigenvalue weighted by Crippen LogP contribution is -1.87. The second kappa shape index (κ2) is 4.74. The molecular weight excluding hydrogens is 260 g/mol. The van der Waals surface area contributed by atoms with E-state index in [2.05, 4.69) is 15.2 Å². The monoisotopic (exact) mass is 270 g/mol. The summed E-state index contributed by atoms with van der Waals surface area (Å²) >= 11 is 6.00. The Balaban J connectivity index is 1.99. The Morgan fingerprint density at radius 3 is 2.53 bits per heavy atom. The Labute approximate surface area is 115 Å². The molecule has 3 rings (SSSR count). The van der Waals surface area contributed by atoms with Gasteiger partial charge in [-0.1, -0.05) is 41.9 Å². The van der Waals surface area contributed by atoms with Crippen LogP contribution in [0, 0.1) is 0 Å². The summed E-state index contributed by atoms with van der Waals surface area (Å²) in [6.07, 6.45) is 0. The average molecular weight is 271 g/mol. The third kappa shape index (κ3) is 2.30. The minimum atomic E-state index is 0.503. The first kappa shape index (κ1) is 11.7. The fraction of sp³-hybridized carbons (Fsp3) is 0. The van der Waals surface area contributed by atoms with E-state index in [-0.39, 0.29) is 0 Å². The zero-order chi connectivity index (χ0) is 13.2. The van der Waals surface area contributed by atoms with Gasteiger partial charge in [0.1, 0.15) is 0 Å². The van der Waals surface area contributed by atoms with E-state index in [0.29, 0.717) is 16.5 Å². The summed E-state index contributed by atoms with van der Waals surface area (Å²) in [7, 11) is 0. The highest BCUT2D eigenvalue weighted by Gasteiger charge is 2.08. The van der Waals surface area contributed by atoms with Crippen LogP contribution < -0.4 is 5.73 Å². The van der Waals surface area contributed by atoms with Gasteiger partial charge in [0.25, 0.3) is 0 Å². The minimum absolute atomic E-state index is 0.503. The number of halogens is 1. The molecule has 0 bridgehead atoms. The van der Waals surface area contributed by atoms with Crippen molar-refractivity contribution in [2.45, 2.75) is 0 Å². The van der Waals surface area contributed by atoms with E-state index >= 15 is 0 Å². The van der Waals surface area contributed by atoms with Crippen molar-refractivity contribution in [3.05, 3.63) is 53.6 Å². The van der Waals surface area contributed by atoms with Crippen LogP contribution in [0.5, 0.6) is 0 Å². The van der Waals surface area contributed by atoms with E-state index in [1.165, 1.54) is 0 Å². The maximum atomic E-state index is 6.00. The summed E-state index contributed by atoms with van der Waals surface area (Å²) in [4.78, 5) is 4.46. The van der Waals surface area contributed by atoms with Gasteiger partial charge in [-0.05, 0) is 18.2 Å². The van der Waals surface area contributed by atoms with Crippen LogP contribution in [0.3, 0.4) is 0 Å².